The zero-order valence-electron chi connectivity index (χ0n) is 12.6. The SMILES string of the molecule is CC(C)CN(CC(N)=O)S(=O)(=O)c1ccc(C(C)N)cc1. The smallest absolute Gasteiger partial charge is 0.243 e. The van der Waals surface area contributed by atoms with Gasteiger partial charge in [-0.25, -0.2) is 8.42 Å². The highest BCUT2D eigenvalue weighted by Crippen LogP contribution is 2.19. The van der Waals surface area contributed by atoms with Gasteiger partial charge in [0, 0.05) is 12.6 Å². The van der Waals surface area contributed by atoms with E-state index in [9.17, 15) is 13.2 Å². The Morgan fingerprint density at radius 2 is 1.71 bits per heavy atom. The van der Waals surface area contributed by atoms with Gasteiger partial charge in [-0.15, -0.1) is 0 Å². The molecule has 118 valence electrons. The van der Waals surface area contributed by atoms with E-state index in [1.165, 1.54) is 12.1 Å². The van der Waals surface area contributed by atoms with Gasteiger partial charge in [0.05, 0.1) is 11.4 Å². The first kappa shape index (κ1) is 17.6. The summed E-state index contributed by atoms with van der Waals surface area (Å²) in [6.45, 7) is 5.49. The molecule has 0 aliphatic carbocycles. The molecule has 6 nitrogen and oxygen atoms in total. The number of hydrogen-bond acceptors (Lipinski definition) is 4. The van der Waals surface area contributed by atoms with Crippen molar-refractivity contribution in [1.29, 1.82) is 0 Å². The first-order valence-corrected chi connectivity index (χ1v) is 8.22. The van der Waals surface area contributed by atoms with Crippen LogP contribution in [-0.4, -0.2) is 31.7 Å². The van der Waals surface area contributed by atoms with Gasteiger partial charge in [-0.1, -0.05) is 26.0 Å². The van der Waals surface area contributed by atoms with Gasteiger partial charge >= 0.3 is 0 Å². The van der Waals surface area contributed by atoms with Gasteiger partial charge in [0.2, 0.25) is 15.9 Å². The predicted molar refractivity (Wildman–Crippen MR) is 81.8 cm³/mol. The lowest BCUT2D eigenvalue weighted by Crippen LogP contribution is -2.40. The van der Waals surface area contributed by atoms with E-state index < -0.39 is 15.9 Å². The summed E-state index contributed by atoms with van der Waals surface area (Å²) in [6, 6.07) is 6.19. The number of carbonyl (C=O) groups excluding carboxylic acids is 1. The molecule has 1 unspecified atom stereocenters. The summed E-state index contributed by atoms with van der Waals surface area (Å²) in [5.74, 6) is -0.589. The minimum absolute atomic E-state index is 0.0856. The van der Waals surface area contributed by atoms with Crippen molar-refractivity contribution in [2.24, 2.45) is 17.4 Å². The van der Waals surface area contributed by atoms with Crippen molar-refractivity contribution >= 4 is 15.9 Å². The maximum Gasteiger partial charge on any atom is 0.243 e. The van der Waals surface area contributed by atoms with Crippen molar-refractivity contribution in [2.45, 2.75) is 31.7 Å². The fraction of sp³-hybridized carbons (Fsp3) is 0.500. The van der Waals surface area contributed by atoms with E-state index in [-0.39, 0.29) is 29.9 Å². The second-order valence-corrected chi connectivity index (χ2v) is 7.45. The van der Waals surface area contributed by atoms with Gasteiger partial charge in [-0.05, 0) is 30.5 Å². The standard InChI is InChI=1S/C14H23N3O3S/c1-10(2)8-17(9-14(16)18)21(19,20)13-6-4-12(5-7-13)11(3)15/h4-7,10-11H,8-9,15H2,1-3H3,(H2,16,18). The summed E-state index contributed by atoms with van der Waals surface area (Å²) in [4.78, 5) is 11.2. The van der Waals surface area contributed by atoms with Crippen molar-refractivity contribution in [1.82, 2.24) is 4.31 Å². The van der Waals surface area contributed by atoms with E-state index in [0.717, 1.165) is 9.87 Å². The van der Waals surface area contributed by atoms with E-state index in [2.05, 4.69) is 0 Å². The van der Waals surface area contributed by atoms with Gasteiger partial charge in [0.1, 0.15) is 0 Å². The van der Waals surface area contributed by atoms with Crippen LogP contribution in [0.4, 0.5) is 0 Å². The molecule has 21 heavy (non-hydrogen) atoms. The van der Waals surface area contributed by atoms with Gasteiger partial charge in [0.25, 0.3) is 0 Å². The number of amides is 1. The van der Waals surface area contributed by atoms with Crippen molar-refractivity contribution in [3.8, 4) is 0 Å². The minimum atomic E-state index is -3.74. The first-order valence-electron chi connectivity index (χ1n) is 6.78. The van der Waals surface area contributed by atoms with Crippen LogP contribution in [0.15, 0.2) is 29.2 Å². The quantitative estimate of drug-likeness (QED) is 0.777. The Hall–Kier alpha value is -1.44. The molecule has 0 saturated carbocycles. The van der Waals surface area contributed by atoms with Crippen LogP contribution in [0.3, 0.4) is 0 Å². The summed E-state index contributed by atoms with van der Waals surface area (Å²) >= 11 is 0. The van der Waals surface area contributed by atoms with Crippen LogP contribution in [0, 0.1) is 5.92 Å². The van der Waals surface area contributed by atoms with Crippen LogP contribution in [0.1, 0.15) is 32.4 Å². The molecule has 0 aromatic heterocycles. The molecule has 0 saturated heterocycles. The molecule has 4 N–H and O–H groups in total. The Kier molecular flexibility index (Phi) is 5.88. The molecule has 0 aliphatic rings. The van der Waals surface area contributed by atoms with E-state index in [1.54, 1.807) is 12.1 Å². The average Bonchev–Trinajstić information content (AvgIpc) is 2.37. The molecule has 1 atom stereocenters. The van der Waals surface area contributed by atoms with Crippen LogP contribution < -0.4 is 11.5 Å². The topological polar surface area (TPSA) is 106 Å². The maximum atomic E-state index is 12.6. The summed E-state index contributed by atoms with van der Waals surface area (Å²) in [7, 11) is -3.74. The van der Waals surface area contributed by atoms with Crippen LogP contribution >= 0.6 is 0 Å². The Bertz CT molecular complexity index is 580. The third-order valence-electron chi connectivity index (χ3n) is 2.94. The van der Waals surface area contributed by atoms with Crippen molar-refractivity contribution < 1.29 is 13.2 Å². The zero-order valence-corrected chi connectivity index (χ0v) is 13.4. The fourth-order valence-corrected chi connectivity index (χ4v) is 3.49. The highest BCUT2D eigenvalue weighted by atomic mass is 32.2. The van der Waals surface area contributed by atoms with Gasteiger partial charge in [-0.3, -0.25) is 4.79 Å². The lowest BCUT2D eigenvalue weighted by atomic mass is 10.1. The van der Waals surface area contributed by atoms with Crippen molar-refractivity contribution in [3.63, 3.8) is 0 Å². The number of primary amides is 1. The molecule has 0 heterocycles. The zero-order chi connectivity index (χ0) is 16.2. The molecule has 0 radical (unpaired) electrons. The number of nitrogens with two attached hydrogens (primary N) is 2. The average molecular weight is 313 g/mol. The Labute approximate surface area is 126 Å². The van der Waals surface area contributed by atoms with Crippen molar-refractivity contribution in [2.75, 3.05) is 13.1 Å². The third-order valence-corrected chi connectivity index (χ3v) is 4.77. The second kappa shape index (κ2) is 7.02. The largest absolute Gasteiger partial charge is 0.369 e. The lowest BCUT2D eigenvalue weighted by Gasteiger charge is -2.22. The number of hydrogen-bond donors (Lipinski definition) is 2. The van der Waals surface area contributed by atoms with E-state index >= 15 is 0 Å². The summed E-state index contributed by atoms with van der Waals surface area (Å²) in [5, 5.41) is 0. The number of rotatable bonds is 7. The molecule has 1 rings (SSSR count). The first-order chi connectivity index (χ1) is 9.64. The summed E-state index contributed by atoms with van der Waals surface area (Å²) in [6.07, 6.45) is 0. The molecule has 1 aromatic rings. The summed E-state index contributed by atoms with van der Waals surface area (Å²) < 4.78 is 26.3. The Morgan fingerprint density at radius 3 is 2.10 bits per heavy atom. The van der Waals surface area contributed by atoms with E-state index in [4.69, 9.17) is 11.5 Å². The highest BCUT2D eigenvalue weighted by Gasteiger charge is 2.26. The van der Waals surface area contributed by atoms with E-state index in [1.807, 2.05) is 20.8 Å². The number of nitrogens with zero attached hydrogens (tertiary/aromatic N) is 1. The van der Waals surface area contributed by atoms with Gasteiger partial charge < -0.3 is 11.5 Å². The van der Waals surface area contributed by atoms with Crippen LogP contribution in [0.5, 0.6) is 0 Å². The van der Waals surface area contributed by atoms with Crippen molar-refractivity contribution in [3.05, 3.63) is 29.8 Å². The fourth-order valence-electron chi connectivity index (χ4n) is 1.92. The van der Waals surface area contributed by atoms with Crippen LogP contribution in [-0.2, 0) is 14.8 Å². The second-order valence-electron chi connectivity index (χ2n) is 5.52. The Balaban J connectivity index is 3.12. The molecule has 0 bridgehead atoms. The highest BCUT2D eigenvalue weighted by molar-refractivity contribution is 7.89. The normalized spacial score (nSPS) is 13.6. The molecule has 0 aliphatic heterocycles. The minimum Gasteiger partial charge on any atom is -0.369 e. The summed E-state index contributed by atoms with van der Waals surface area (Å²) in [5.41, 5.74) is 11.7. The maximum absolute atomic E-state index is 12.6. The number of carbonyl (C=O) groups is 1. The third kappa shape index (κ3) is 4.80. The molecule has 0 fully saturated rings. The molecule has 7 heteroatoms. The predicted octanol–water partition coefficient (Wildman–Crippen LogP) is 0.838. The lowest BCUT2D eigenvalue weighted by molar-refractivity contribution is -0.118. The molecular formula is C14H23N3O3S. The molecule has 1 aromatic carbocycles. The van der Waals surface area contributed by atoms with Crippen LogP contribution in [0.2, 0.25) is 0 Å². The van der Waals surface area contributed by atoms with Gasteiger partial charge in [0.15, 0.2) is 0 Å². The van der Waals surface area contributed by atoms with E-state index in [0.29, 0.717) is 0 Å². The van der Waals surface area contributed by atoms with Gasteiger partial charge in [-0.2, -0.15) is 4.31 Å². The Morgan fingerprint density at radius 1 is 1.19 bits per heavy atom. The van der Waals surface area contributed by atoms with Crippen LogP contribution in [0.25, 0.3) is 0 Å². The number of benzene rings is 1. The number of sulfonamides is 1. The monoisotopic (exact) mass is 313 g/mol. The molecule has 0 spiro atoms. The molecule has 1 amide bonds. The molecular weight excluding hydrogens is 290 g/mol.